The van der Waals surface area contributed by atoms with Gasteiger partial charge in [-0.15, -0.1) is 0 Å². The third-order valence-electron chi connectivity index (χ3n) is 7.77. The number of nitrogens with zero attached hydrogens (tertiary/aromatic N) is 1. The van der Waals surface area contributed by atoms with E-state index in [1.807, 2.05) is 0 Å². The summed E-state index contributed by atoms with van der Waals surface area (Å²) >= 11 is 0. The number of rotatable bonds is 6. The molecule has 3 aliphatic rings. The van der Waals surface area contributed by atoms with Crippen LogP contribution in [-0.4, -0.2) is 42.7 Å². The Balaban J connectivity index is 1.44. The Morgan fingerprint density at radius 2 is 2.00 bits per heavy atom. The molecule has 4 heteroatoms. The molecule has 1 N–H and O–H groups in total. The van der Waals surface area contributed by atoms with Crippen LogP contribution in [0, 0.1) is 6.92 Å². The van der Waals surface area contributed by atoms with E-state index < -0.39 is 0 Å². The average molecular weight is 447 g/mol. The zero-order chi connectivity index (χ0) is 22.8. The minimum atomic E-state index is 0.333. The van der Waals surface area contributed by atoms with E-state index in [4.69, 9.17) is 9.47 Å². The first-order chi connectivity index (χ1) is 16.1. The summed E-state index contributed by atoms with van der Waals surface area (Å²) in [6, 6.07) is 7.08. The van der Waals surface area contributed by atoms with Gasteiger partial charge in [0.15, 0.2) is 5.76 Å². The summed E-state index contributed by atoms with van der Waals surface area (Å²) in [7, 11) is 4.07. The van der Waals surface area contributed by atoms with Gasteiger partial charge in [-0.2, -0.15) is 0 Å². The van der Waals surface area contributed by atoms with Gasteiger partial charge in [-0.25, -0.2) is 0 Å². The Morgan fingerprint density at radius 3 is 2.82 bits per heavy atom. The van der Waals surface area contributed by atoms with Crippen LogP contribution >= 0.6 is 0 Å². The molecule has 1 atom stereocenters. The smallest absolute Gasteiger partial charge is 0.157 e. The van der Waals surface area contributed by atoms with E-state index in [9.17, 15) is 0 Å². The number of benzene rings is 1. The first-order valence-corrected chi connectivity index (χ1v) is 12.7. The van der Waals surface area contributed by atoms with Crippen molar-refractivity contribution in [2.24, 2.45) is 0 Å². The normalized spacial score (nSPS) is 22.6. The molecule has 2 heterocycles. The summed E-state index contributed by atoms with van der Waals surface area (Å²) in [4.78, 5) is 6.02. The van der Waals surface area contributed by atoms with Crippen LogP contribution in [-0.2, 0) is 15.9 Å². The van der Waals surface area contributed by atoms with Crippen LogP contribution in [0.4, 0.5) is 0 Å². The standard InChI is InChI=1S/C29H38N2O2/c1-20-10-13-26-24(17-20)22(19-30-26)11-14-27-25-18-29(33-23-8-4-5-9-23)28(32-3)15-12-21(25)7-6-16-31(27)2/h10,12-13,17-19,23,27,30H,4-9,11,14-16H2,1-3H3/t27-/m0/s1. The highest BCUT2D eigenvalue weighted by Gasteiger charge is 2.29. The van der Waals surface area contributed by atoms with Crippen molar-refractivity contribution >= 4 is 10.9 Å². The van der Waals surface area contributed by atoms with Crippen LogP contribution in [0.1, 0.15) is 62.5 Å². The molecule has 1 saturated heterocycles. The monoisotopic (exact) mass is 446 g/mol. The van der Waals surface area contributed by atoms with Gasteiger partial charge < -0.3 is 14.5 Å². The first-order valence-electron chi connectivity index (χ1n) is 12.7. The average Bonchev–Trinajstić information content (AvgIpc) is 3.39. The van der Waals surface area contributed by atoms with Gasteiger partial charge in [-0.05, 0) is 107 Å². The molecule has 33 heavy (non-hydrogen) atoms. The molecule has 4 nitrogen and oxygen atoms in total. The van der Waals surface area contributed by atoms with Gasteiger partial charge in [0.1, 0.15) is 5.76 Å². The largest absolute Gasteiger partial charge is 0.497 e. The molecule has 0 amide bonds. The van der Waals surface area contributed by atoms with Gasteiger partial charge in [0.25, 0.3) is 0 Å². The number of nitrogens with one attached hydrogen (secondary N) is 1. The van der Waals surface area contributed by atoms with Crippen LogP contribution in [0.3, 0.4) is 0 Å². The van der Waals surface area contributed by atoms with Crippen LogP contribution in [0.25, 0.3) is 10.9 Å². The highest BCUT2D eigenvalue weighted by Crippen LogP contribution is 2.36. The van der Waals surface area contributed by atoms with Crippen molar-refractivity contribution in [3.8, 4) is 0 Å². The predicted octanol–water partition coefficient (Wildman–Crippen LogP) is 6.58. The number of H-pyrrole nitrogens is 1. The number of hydrogen-bond acceptors (Lipinski definition) is 3. The molecule has 5 rings (SSSR count). The highest BCUT2D eigenvalue weighted by atomic mass is 16.5. The Bertz CT molecular complexity index is 1080. The number of hydrogen-bond donors (Lipinski definition) is 1. The minimum absolute atomic E-state index is 0.333. The Labute approximate surface area is 198 Å². The maximum absolute atomic E-state index is 6.55. The van der Waals surface area contributed by atoms with Gasteiger partial charge in [0, 0.05) is 29.6 Å². The summed E-state index contributed by atoms with van der Waals surface area (Å²) in [6.45, 7) is 3.31. The summed E-state index contributed by atoms with van der Waals surface area (Å²) in [5.41, 5.74) is 6.89. The quantitative estimate of drug-likeness (QED) is 0.545. The molecule has 1 aromatic heterocycles. The van der Waals surface area contributed by atoms with Crippen molar-refractivity contribution < 1.29 is 9.47 Å². The topological polar surface area (TPSA) is 37.5 Å². The van der Waals surface area contributed by atoms with Crippen molar-refractivity contribution in [1.82, 2.24) is 9.88 Å². The number of aromatic nitrogens is 1. The molecule has 0 bridgehead atoms. The number of fused-ring (bicyclic) bond motifs is 2. The van der Waals surface area contributed by atoms with Gasteiger partial charge in [-0.3, -0.25) is 4.90 Å². The molecule has 1 aliphatic heterocycles. The number of aromatic amines is 1. The van der Waals surface area contributed by atoms with E-state index in [0.717, 1.165) is 56.6 Å². The number of methoxy groups -OCH3 is 1. The van der Waals surface area contributed by atoms with Crippen molar-refractivity contribution in [2.75, 3.05) is 20.7 Å². The molecule has 0 unspecified atom stereocenters. The lowest BCUT2D eigenvalue weighted by atomic mass is 9.91. The summed E-state index contributed by atoms with van der Waals surface area (Å²) in [6.07, 6.45) is 17.5. The van der Waals surface area contributed by atoms with Crippen molar-refractivity contribution in [2.45, 2.75) is 76.9 Å². The lowest BCUT2D eigenvalue weighted by molar-refractivity contribution is 0.113. The Hall–Kier alpha value is -2.46. The van der Waals surface area contributed by atoms with E-state index in [1.54, 1.807) is 7.11 Å². The van der Waals surface area contributed by atoms with Gasteiger partial charge in [0.2, 0.25) is 0 Å². The fourth-order valence-corrected chi connectivity index (χ4v) is 5.85. The maximum atomic E-state index is 6.55. The van der Waals surface area contributed by atoms with Crippen molar-refractivity contribution in [1.29, 1.82) is 0 Å². The van der Waals surface area contributed by atoms with Crippen LogP contribution < -0.4 is 0 Å². The third-order valence-corrected chi connectivity index (χ3v) is 7.77. The van der Waals surface area contributed by atoms with E-state index in [2.05, 4.69) is 60.4 Å². The Kier molecular flexibility index (Phi) is 6.64. The van der Waals surface area contributed by atoms with E-state index in [0.29, 0.717) is 12.1 Å². The molecule has 1 aromatic carbocycles. The van der Waals surface area contributed by atoms with Crippen LogP contribution in [0.15, 0.2) is 59.2 Å². The molecular formula is C29H38N2O2. The van der Waals surface area contributed by atoms with E-state index >= 15 is 0 Å². The van der Waals surface area contributed by atoms with Gasteiger partial charge >= 0.3 is 0 Å². The molecule has 1 saturated carbocycles. The predicted molar refractivity (Wildman–Crippen MR) is 135 cm³/mol. The summed E-state index contributed by atoms with van der Waals surface area (Å²) in [5.74, 6) is 1.94. The minimum Gasteiger partial charge on any atom is -0.497 e. The van der Waals surface area contributed by atoms with E-state index in [1.165, 1.54) is 52.4 Å². The number of likely N-dealkylation sites (tertiary alicyclic amines) is 1. The summed E-state index contributed by atoms with van der Waals surface area (Å²) in [5, 5.41) is 1.36. The zero-order valence-corrected chi connectivity index (χ0v) is 20.5. The number of ether oxygens (including phenoxy) is 2. The second-order valence-electron chi connectivity index (χ2n) is 10.1. The third kappa shape index (κ3) is 4.77. The second-order valence-corrected chi connectivity index (χ2v) is 10.1. The molecule has 176 valence electrons. The fraction of sp³-hybridized carbons (Fsp3) is 0.517. The molecule has 2 fully saturated rings. The lowest BCUT2D eigenvalue weighted by Crippen LogP contribution is -2.33. The number of allylic oxidation sites excluding steroid dienone is 2. The van der Waals surface area contributed by atoms with Gasteiger partial charge in [0.05, 0.1) is 13.2 Å². The molecule has 0 radical (unpaired) electrons. The molecular weight excluding hydrogens is 408 g/mol. The van der Waals surface area contributed by atoms with E-state index in [-0.39, 0.29) is 0 Å². The molecule has 0 spiro atoms. The number of aryl methyl sites for hydroxylation is 2. The van der Waals surface area contributed by atoms with Crippen LogP contribution in [0.2, 0.25) is 0 Å². The van der Waals surface area contributed by atoms with Crippen molar-refractivity contribution in [3.05, 3.63) is 70.3 Å². The molecule has 2 aliphatic carbocycles. The first kappa shape index (κ1) is 22.3. The zero-order valence-electron chi connectivity index (χ0n) is 20.5. The second kappa shape index (κ2) is 9.80. The number of likely N-dealkylation sites (N-methyl/N-ethyl adjacent to an activating group) is 1. The van der Waals surface area contributed by atoms with Crippen LogP contribution in [0.5, 0.6) is 0 Å². The Morgan fingerprint density at radius 1 is 1.15 bits per heavy atom. The highest BCUT2D eigenvalue weighted by molar-refractivity contribution is 5.83. The van der Waals surface area contributed by atoms with Crippen molar-refractivity contribution in [3.63, 3.8) is 0 Å². The maximum Gasteiger partial charge on any atom is 0.157 e. The molecule has 2 aromatic rings. The summed E-state index contributed by atoms with van der Waals surface area (Å²) < 4.78 is 12.4. The lowest BCUT2D eigenvalue weighted by Gasteiger charge is -2.29. The SMILES string of the molecule is COC1=C(OC2CCCC2)C=C2C(=CC1)CCCN(C)[C@H]2CCc1c[nH]c2ccc(C)cc12. The van der Waals surface area contributed by atoms with Gasteiger partial charge in [-0.1, -0.05) is 17.7 Å². The fourth-order valence-electron chi connectivity index (χ4n) is 5.85.